The first-order valence-corrected chi connectivity index (χ1v) is 6.17. The van der Waals surface area contributed by atoms with Gasteiger partial charge in [0.05, 0.1) is 0 Å². The standard InChI is InChI=1S/C12H13BrN2/c13-11-3-10(5-14-7-11)8-1-2-9-6-15-12(9)4-8/h3-5,7,9,12,15H,1-2,6H2/t9-,12-/m0/s1. The molecule has 1 aliphatic heterocycles. The monoisotopic (exact) mass is 264 g/mol. The third-order valence-corrected chi connectivity index (χ3v) is 3.80. The lowest BCUT2D eigenvalue weighted by Crippen LogP contribution is -2.52. The Morgan fingerprint density at radius 2 is 2.33 bits per heavy atom. The van der Waals surface area contributed by atoms with E-state index in [1.807, 2.05) is 12.4 Å². The van der Waals surface area contributed by atoms with Gasteiger partial charge in [-0.05, 0) is 51.9 Å². The summed E-state index contributed by atoms with van der Waals surface area (Å²) >= 11 is 3.46. The van der Waals surface area contributed by atoms with E-state index in [4.69, 9.17) is 0 Å². The number of nitrogens with zero attached hydrogens (tertiary/aromatic N) is 1. The molecule has 2 heterocycles. The average molecular weight is 265 g/mol. The van der Waals surface area contributed by atoms with Crippen molar-refractivity contribution in [2.45, 2.75) is 18.9 Å². The Hall–Kier alpha value is -0.670. The molecule has 0 saturated carbocycles. The molecular formula is C12H13BrN2. The van der Waals surface area contributed by atoms with Gasteiger partial charge in [0.2, 0.25) is 0 Å². The summed E-state index contributed by atoms with van der Waals surface area (Å²) < 4.78 is 1.06. The van der Waals surface area contributed by atoms with Crippen LogP contribution in [0, 0.1) is 5.92 Å². The van der Waals surface area contributed by atoms with Gasteiger partial charge in [-0.2, -0.15) is 0 Å². The van der Waals surface area contributed by atoms with Crippen LogP contribution < -0.4 is 5.32 Å². The fourth-order valence-corrected chi connectivity index (χ4v) is 2.73. The number of fused-ring (bicyclic) bond motifs is 1. The summed E-state index contributed by atoms with van der Waals surface area (Å²) in [4.78, 5) is 4.21. The molecule has 78 valence electrons. The predicted molar refractivity (Wildman–Crippen MR) is 64.4 cm³/mol. The van der Waals surface area contributed by atoms with Crippen molar-refractivity contribution in [2.24, 2.45) is 5.92 Å². The zero-order valence-corrected chi connectivity index (χ0v) is 10.00. The molecule has 2 aliphatic rings. The smallest absolute Gasteiger partial charge is 0.0410 e. The summed E-state index contributed by atoms with van der Waals surface area (Å²) in [6, 6.07) is 2.77. The van der Waals surface area contributed by atoms with Crippen molar-refractivity contribution in [3.05, 3.63) is 34.6 Å². The summed E-state index contributed by atoms with van der Waals surface area (Å²) in [5.74, 6) is 0.883. The number of halogens is 1. The maximum absolute atomic E-state index is 4.21. The molecule has 1 aromatic rings. The second-order valence-corrected chi connectivity index (χ2v) is 5.23. The zero-order valence-electron chi connectivity index (χ0n) is 8.41. The minimum atomic E-state index is 0.618. The molecule has 1 aliphatic carbocycles. The fraction of sp³-hybridized carbons (Fsp3) is 0.417. The van der Waals surface area contributed by atoms with E-state index in [1.165, 1.54) is 30.5 Å². The Morgan fingerprint density at radius 3 is 3.00 bits per heavy atom. The van der Waals surface area contributed by atoms with Gasteiger partial charge in [-0.3, -0.25) is 4.98 Å². The molecule has 1 N–H and O–H groups in total. The molecule has 2 nitrogen and oxygen atoms in total. The van der Waals surface area contributed by atoms with Gasteiger partial charge in [-0.25, -0.2) is 0 Å². The summed E-state index contributed by atoms with van der Waals surface area (Å²) in [6.07, 6.45) is 8.67. The third kappa shape index (κ3) is 1.74. The highest BCUT2D eigenvalue weighted by molar-refractivity contribution is 9.10. The van der Waals surface area contributed by atoms with Gasteiger partial charge in [-0.1, -0.05) is 6.08 Å². The number of pyridine rings is 1. The average Bonchev–Trinajstić information content (AvgIpc) is 2.20. The quantitative estimate of drug-likeness (QED) is 0.844. The van der Waals surface area contributed by atoms with Crippen LogP contribution in [0.3, 0.4) is 0 Å². The predicted octanol–water partition coefficient (Wildman–Crippen LogP) is 2.61. The zero-order chi connectivity index (χ0) is 10.3. The van der Waals surface area contributed by atoms with Gasteiger partial charge in [0.15, 0.2) is 0 Å². The SMILES string of the molecule is Brc1cncc(C2=C[C@@H]3NC[C@@H]3CC2)c1. The lowest BCUT2D eigenvalue weighted by Gasteiger charge is -2.40. The van der Waals surface area contributed by atoms with Crippen molar-refractivity contribution in [1.82, 2.24) is 10.3 Å². The maximum Gasteiger partial charge on any atom is 0.0410 e. The van der Waals surface area contributed by atoms with Crippen molar-refractivity contribution < 1.29 is 0 Å². The molecule has 3 rings (SSSR count). The van der Waals surface area contributed by atoms with Crippen molar-refractivity contribution in [3.63, 3.8) is 0 Å². The summed E-state index contributed by atoms with van der Waals surface area (Å²) in [6.45, 7) is 1.20. The number of hydrogen-bond acceptors (Lipinski definition) is 2. The lowest BCUT2D eigenvalue weighted by atomic mass is 9.79. The molecule has 0 unspecified atom stereocenters. The van der Waals surface area contributed by atoms with Crippen LogP contribution in [0.25, 0.3) is 5.57 Å². The molecule has 0 amide bonds. The Balaban J connectivity index is 1.91. The molecule has 1 aromatic heterocycles. The van der Waals surface area contributed by atoms with E-state index in [0.29, 0.717) is 6.04 Å². The van der Waals surface area contributed by atoms with Gasteiger partial charge in [-0.15, -0.1) is 0 Å². The van der Waals surface area contributed by atoms with Gasteiger partial charge in [0.1, 0.15) is 0 Å². The second kappa shape index (κ2) is 3.72. The van der Waals surface area contributed by atoms with Crippen LogP contribution in [0.5, 0.6) is 0 Å². The second-order valence-electron chi connectivity index (χ2n) is 4.32. The fourth-order valence-electron chi connectivity index (χ4n) is 2.37. The van der Waals surface area contributed by atoms with E-state index in [1.54, 1.807) is 0 Å². The molecule has 0 radical (unpaired) electrons. The van der Waals surface area contributed by atoms with Crippen LogP contribution in [0.2, 0.25) is 0 Å². The molecule has 2 atom stereocenters. The van der Waals surface area contributed by atoms with E-state index in [2.05, 4.69) is 38.4 Å². The Morgan fingerprint density at radius 1 is 1.40 bits per heavy atom. The van der Waals surface area contributed by atoms with Crippen LogP contribution >= 0.6 is 15.9 Å². The topological polar surface area (TPSA) is 24.9 Å². The molecule has 1 fully saturated rings. The van der Waals surface area contributed by atoms with Gasteiger partial charge in [0, 0.05) is 29.5 Å². The van der Waals surface area contributed by atoms with E-state index >= 15 is 0 Å². The largest absolute Gasteiger partial charge is 0.310 e. The third-order valence-electron chi connectivity index (χ3n) is 3.36. The maximum atomic E-state index is 4.21. The first kappa shape index (κ1) is 9.55. The highest BCUT2D eigenvalue weighted by Crippen LogP contribution is 2.34. The molecular weight excluding hydrogens is 252 g/mol. The van der Waals surface area contributed by atoms with Crippen molar-refractivity contribution >= 4 is 21.5 Å². The molecule has 0 bridgehead atoms. The number of rotatable bonds is 1. The summed E-state index contributed by atoms with van der Waals surface area (Å²) in [5.41, 5.74) is 2.70. The Bertz CT molecular complexity index is 414. The van der Waals surface area contributed by atoms with Crippen LogP contribution in [-0.4, -0.2) is 17.6 Å². The Kier molecular flexibility index (Phi) is 2.37. The van der Waals surface area contributed by atoms with Gasteiger partial charge < -0.3 is 5.32 Å². The first-order valence-electron chi connectivity index (χ1n) is 5.38. The lowest BCUT2D eigenvalue weighted by molar-refractivity contribution is 0.256. The van der Waals surface area contributed by atoms with Crippen molar-refractivity contribution in [3.8, 4) is 0 Å². The van der Waals surface area contributed by atoms with E-state index in [-0.39, 0.29) is 0 Å². The van der Waals surface area contributed by atoms with E-state index in [9.17, 15) is 0 Å². The molecule has 1 saturated heterocycles. The highest BCUT2D eigenvalue weighted by atomic mass is 79.9. The van der Waals surface area contributed by atoms with Crippen LogP contribution in [0.1, 0.15) is 18.4 Å². The van der Waals surface area contributed by atoms with Crippen LogP contribution in [-0.2, 0) is 0 Å². The number of aromatic nitrogens is 1. The van der Waals surface area contributed by atoms with Gasteiger partial charge >= 0.3 is 0 Å². The van der Waals surface area contributed by atoms with Crippen LogP contribution in [0.4, 0.5) is 0 Å². The van der Waals surface area contributed by atoms with E-state index < -0.39 is 0 Å². The normalized spacial score (nSPS) is 29.0. The summed E-state index contributed by atoms with van der Waals surface area (Å²) in [5, 5.41) is 3.45. The molecule has 0 spiro atoms. The minimum Gasteiger partial charge on any atom is -0.310 e. The van der Waals surface area contributed by atoms with Gasteiger partial charge in [0.25, 0.3) is 0 Å². The van der Waals surface area contributed by atoms with Crippen molar-refractivity contribution in [2.75, 3.05) is 6.54 Å². The molecule has 3 heteroatoms. The number of nitrogens with one attached hydrogen (secondary N) is 1. The Labute approximate surface area is 97.9 Å². The minimum absolute atomic E-state index is 0.618. The highest BCUT2D eigenvalue weighted by Gasteiger charge is 2.31. The van der Waals surface area contributed by atoms with Crippen LogP contribution in [0.15, 0.2) is 29.0 Å². The van der Waals surface area contributed by atoms with Crippen molar-refractivity contribution in [1.29, 1.82) is 0 Å². The number of allylic oxidation sites excluding steroid dienone is 1. The molecule has 15 heavy (non-hydrogen) atoms. The summed E-state index contributed by atoms with van der Waals surface area (Å²) in [7, 11) is 0. The van der Waals surface area contributed by atoms with E-state index in [0.717, 1.165) is 10.4 Å². The number of hydrogen-bond donors (Lipinski definition) is 1. The first-order chi connectivity index (χ1) is 7.33. The molecule has 0 aromatic carbocycles.